The van der Waals surface area contributed by atoms with Crippen LogP contribution < -0.4 is 5.43 Å². The van der Waals surface area contributed by atoms with Gasteiger partial charge in [0.1, 0.15) is 0 Å². The lowest BCUT2D eigenvalue weighted by molar-refractivity contribution is 0.0955. The number of hydrogen-bond acceptors (Lipinski definition) is 4. The van der Waals surface area contributed by atoms with E-state index in [-0.39, 0.29) is 5.91 Å². The number of hydrazone groups is 1. The third kappa shape index (κ3) is 3.48. The number of nitriles is 1. The normalized spacial score (nSPS) is 10.1. The number of aromatic nitrogens is 1. The largest absolute Gasteiger partial charge is 0.271 e. The van der Waals surface area contributed by atoms with Gasteiger partial charge in [0.2, 0.25) is 0 Å². The van der Waals surface area contributed by atoms with Gasteiger partial charge in [-0.1, -0.05) is 12.1 Å². The molecule has 19 heavy (non-hydrogen) atoms. The molecule has 1 aromatic heterocycles. The predicted octanol–water partition coefficient (Wildman–Crippen LogP) is 1.72. The molecule has 0 radical (unpaired) electrons. The van der Waals surface area contributed by atoms with Crippen molar-refractivity contribution in [2.24, 2.45) is 5.10 Å². The molecular formula is C14H10N4O. The second-order valence-electron chi connectivity index (χ2n) is 3.67. The van der Waals surface area contributed by atoms with Crippen molar-refractivity contribution in [3.05, 3.63) is 65.5 Å². The van der Waals surface area contributed by atoms with E-state index in [1.807, 2.05) is 6.07 Å². The van der Waals surface area contributed by atoms with Crippen molar-refractivity contribution in [1.82, 2.24) is 10.4 Å². The lowest BCUT2D eigenvalue weighted by atomic mass is 10.1. The molecule has 0 atom stereocenters. The van der Waals surface area contributed by atoms with E-state index in [4.69, 9.17) is 5.26 Å². The Bertz CT molecular complexity index is 644. The summed E-state index contributed by atoms with van der Waals surface area (Å²) in [4.78, 5) is 15.5. The van der Waals surface area contributed by atoms with Crippen molar-refractivity contribution in [3.63, 3.8) is 0 Å². The third-order valence-corrected chi connectivity index (χ3v) is 2.34. The average Bonchev–Trinajstić information content (AvgIpc) is 2.48. The van der Waals surface area contributed by atoms with Crippen LogP contribution in [0.25, 0.3) is 0 Å². The SMILES string of the molecule is N#Cc1cccc(/C=N/NC(=O)c2ccncc2)c1. The molecule has 1 amide bonds. The Kier molecular flexibility index (Phi) is 3.98. The molecule has 0 spiro atoms. The summed E-state index contributed by atoms with van der Waals surface area (Å²) in [5.41, 5.74) is 4.18. The lowest BCUT2D eigenvalue weighted by Crippen LogP contribution is -2.17. The monoisotopic (exact) mass is 250 g/mol. The van der Waals surface area contributed by atoms with Gasteiger partial charge in [0.25, 0.3) is 5.91 Å². The average molecular weight is 250 g/mol. The van der Waals surface area contributed by atoms with Gasteiger partial charge in [-0.3, -0.25) is 9.78 Å². The standard InChI is InChI=1S/C14H10N4O/c15-9-11-2-1-3-12(8-11)10-17-18-14(19)13-4-6-16-7-5-13/h1-8,10H,(H,18,19)/b17-10+. The topological polar surface area (TPSA) is 78.1 Å². The summed E-state index contributed by atoms with van der Waals surface area (Å²) in [7, 11) is 0. The number of amides is 1. The molecule has 0 saturated heterocycles. The number of carbonyl (C=O) groups excluding carboxylic acids is 1. The Labute approximate surface area is 110 Å². The molecule has 92 valence electrons. The Balaban J connectivity index is 2.00. The summed E-state index contributed by atoms with van der Waals surface area (Å²) in [6.07, 6.45) is 4.56. The molecule has 0 saturated carbocycles. The third-order valence-electron chi connectivity index (χ3n) is 2.34. The maximum absolute atomic E-state index is 11.7. The lowest BCUT2D eigenvalue weighted by Gasteiger charge is -1.98. The van der Waals surface area contributed by atoms with E-state index in [1.165, 1.54) is 18.6 Å². The number of nitrogens with one attached hydrogen (secondary N) is 1. The first-order valence-electron chi connectivity index (χ1n) is 5.53. The van der Waals surface area contributed by atoms with Gasteiger partial charge in [0.15, 0.2) is 0 Å². The second-order valence-corrected chi connectivity index (χ2v) is 3.67. The van der Waals surface area contributed by atoms with Crippen LogP contribution in [0.2, 0.25) is 0 Å². The fraction of sp³-hybridized carbons (Fsp3) is 0. The second kappa shape index (κ2) is 6.07. The van der Waals surface area contributed by atoms with Crippen LogP contribution in [0, 0.1) is 11.3 Å². The van der Waals surface area contributed by atoms with Crippen LogP contribution in [0.3, 0.4) is 0 Å². The van der Waals surface area contributed by atoms with Crippen LogP contribution in [-0.4, -0.2) is 17.1 Å². The minimum absolute atomic E-state index is 0.310. The Hall–Kier alpha value is -3.00. The predicted molar refractivity (Wildman–Crippen MR) is 70.5 cm³/mol. The highest BCUT2D eigenvalue weighted by Crippen LogP contribution is 2.01. The summed E-state index contributed by atoms with van der Waals surface area (Å²) in [5, 5.41) is 12.6. The number of pyridine rings is 1. The van der Waals surface area contributed by atoms with Crippen LogP contribution in [0.4, 0.5) is 0 Å². The van der Waals surface area contributed by atoms with Crippen molar-refractivity contribution in [1.29, 1.82) is 5.26 Å². The van der Waals surface area contributed by atoms with Crippen molar-refractivity contribution in [2.45, 2.75) is 0 Å². The molecule has 0 aliphatic heterocycles. The molecule has 1 N–H and O–H groups in total. The van der Waals surface area contributed by atoms with Gasteiger partial charge in [-0.2, -0.15) is 10.4 Å². The van der Waals surface area contributed by atoms with Gasteiger partial charge < -0.3 is 0 Å². The molecule has 1 aromatic carbocycles. The minimum atomic E-state index is -0.310. The zero-order chi connectivity index (χ0) is 13.5. The van der Waals surface area contributed by atoms with E-state index in [1.54, 1.807) is 36.4 Å². The first-order valence-corrected chi connectivity index (χ1v) is 5.53. The highest BCUT2D eigenvalue weighted by molar-refractivity contribution is 5.94. The molecule has 5 nitrogen and oxygen atoms in total. The first kappa shape index (κ1) is 12.5. The summed E-state index contributed by atoms with van der Waals surface area (Å²) in [6.45, 7) is 0. The molecule has 0 aliphatic carbocycles. The van der Waals surface area contributed by atoms with Crippen molar-refractivity contribution in [3.8, 4) is 6.07 Å². The first-order chi connectivity index (χ1) is 9.29. The number of benzene rings is 1. The van der Waals surface area contributed by atoms with Crippen LogP contribution in [0.1, 0.15) is 21.5 Å². The van der Waals surface area contributed by atoms with E-state index in [9.17, 15) is 4.79 Å². The fourth-order valence-corrected chi connectivity index (χ4v) is 1.42. The van der Waals surface area contributed by atoms with Crippen LogP contribution in [-0.2, 0) is 0 Å². The van der Waals surface area contributed by atoms with Gasteiger partial charge in [-0.15, -0.1) is 0 Å². The minimum Gasteiger partial charge on any atom is -0.267 e. The highest BCUT2D eigenvalue weighted by Gasteiger charge is 2.01. The van der Waals surface area contributed by atoms with Gasteiger partial charge in [0, 0.05) is 18.0 Å². The smallest absolute Gasteiger partial charge is 0.267 e. The molecule has 0 fully saturated rings. The molecule has 5 heteroatoms. The molecule has 1 heterocycles. The van der Waals surface area contributed by atoms with E-state index in [0.717, 1.165) is 5.56 Å². The highest BCUT2D eigenvalue weighted by atomic mass is 16.2. The van der Waals surface area contributed by atoms with Gasteiger partial charge in [0.05, 0.1) is 17.8 Å². The quantitative estimate of drug-likeness (QED) is 0.665. The van der Waals surface area contributed by atoms with Crippen molar-refractivity contribution < 1.29 is 4.79 Å². The van der Waals surface area contributed by atoms with E-state index in [2.05, 4.69) is 15.5 Å². The van der Waals surface area contributed by atoms with Gasteiger partial charge in [-0.05, 0) is 29.8 Å². The Morgan fingerprint density at radius 3 is 2.84 bits per heavy atom. The maximum atomic E-state index is 11.7. The number of nitrogens with zero attached hydrogens (tertiary/aromatic N) is 3. The van der Waals surface area contributed by atoms with Crippen LogP contribution in [0.15, 0.2) is 53.9 Å². The van der Waals surface area contributed by atoms with Gasteiger partial charge >= 0.3 is 0 Å². The molecule has 2 aromatic rings. The van der Waals surface area contributed by atoms with Crippen molar-refractivity contribution in [2.75, 3.05) is 0 Å². The van der Waals surface area contributed by atoms with E-state index in [0.29, 0.717) is 11.1 Å². The van der Waals surface area contributed by atoms with Crippen LogP contribution >= 0.6 is 0 Å². The molecule has 0 bridgehead atoms. The fourth-order valence-electron chi connectivity index (χ4n) is 1.42. The molecular weight excluding hydrogens is 240 g/mol. The molecule has 0 aliphatic rings. The van der Waals surface area contributed by atoms with E-state index >= 15 is 0 Å². The Morgan fingerprint density at radius 1 is 1.32 bits per heavy atom. The zero-order valence-electron chi connectivity index (χ0n) is 9.95. The van der Waals surface area contributed by atoms with Crippen LogP contribution in [0.5, 0.6) is 0 Å². The number of carbonyl (C=O) groups is 1. The number of rotatable bonds is 3. The number of hydrogen-bond donors (Lipinski definition) is 1. The van der Waals surface area contributed by atoms with E-state index < -0.39 is 0 Å². The zero-order valence-corrected chi connectivity index (χ0v) is 9.95. The molecule has 0 unspecified atom stereocenters. The van der Waals surface area contributed by atoms with Crippen molar-refractivity contribution >= 4 is 12.1 Å². The summed E-state index contributed by atoms with van der Waals surface area (Å²) < 4.78 is 0. The maximum Gasteiger partial charge on any atom is 0.271 e. The molecule has 2 rings (SSSR count). The Morgan fingerprint density at radius 2 is 2.11 bits per heavy atom. The summed E-state index contributed by atoms with van der Waals surface area (Å²) >= 11 is 0. The van der Waals surface area contributed by atoms with Gasteiger partial charge in [-0.25, -0.2) is 5.43 Å². The summed E-state index contributed by atoms with van der Waals surface area (Å²) in [5.74, 6) is -0.310. The summed E-state index contributed by atoms with van der Waals surface area (Å²) in [6, 6.07) is 12.2.